The summed E-state index contributed by atoms with van der Waals surface area (Å²) in [4.78, 5) is 13.4. The maximum absolute atomic E-state index is 13.9. The third-order valence-corrected chi connectivity index (χ3v) is 3.00. The molecule has 0 aliphatic rings. The molecule has 1 aromatic carbocycles. The van der Waals surface area contributed by atoms with Crippen molar-refractivity contribution < 1.29 is 18.7 Å². The van der Waals surface area contributed by atoms with Crippen molar-refractivity contribution in [3.05, 3.63) is 29.6 Å². The number of benzene rings is 1. The first-order valence-corrected chi connectivity index (χ1v) is 6.70. The van der Waals surface area contributed by atoms with Gasteiger partial charge in [0.1, 0.15) is 11.6 Å². The first-order valence-electron chi connectivity index (χ1n) is 6.70. The summed E-state index contributed by atoms with van der Waals surface area (Å²) in [7, 11) is 1.50. The van der Waals surface area contributed by atoms with Crippen molar-refractivity contribution in [3.63, 3.8) is 0 Å². The molecule has 0 unspecified atom stereocenters. The first-order chi connectivity index (χ1) is 9.47. The molecule has 0 radical (unpaired) electrons. The summed E-state index contributed by atoms with van der Waals surface area (Å²) in [6.45, 7) is 6.53. The average Bonchev–Trinajstić information content (AvgIpc) is 2.40. The standard InChI is InChI=1S/C15H22FNO3/c1-5-20-15(18)10-17(11(2)3)9-12-6-7-13(19-4)8-14(12)16/h6-8,11H,5,9-10H2,1-4H3. The van der Waals surface area contributed by atoms with Gasteiger partial charge in [0.2, 0.25) is 0 Å². The lowest BCUT2D eigenvalue weighted by molar-refractivity contribution is -0.145. The number of carbonyl (C=O) groups excluding carboxylic acids is 1. The topological polar surface area (TPSA) is 38.8 Å². The maximum Gasteiger partial charge on any atom is 0.320 e. The number of hydrogen-bond donors (Lipinski definition) is 0. The maximum atomic E-state index is 13.9. The Labute approximate surface area is 119 Å². The van der Waals surface area contributed by atoms with Gasteiger partial charge in [0.05, 0.1) is 20.3 Å². The predicted octanol–water partition coefficient (Wildman–Crippen LogP) is 2.61. The van der Waals surface area contributed by atoms with Crippen LogP contribution in [0, 0.1) is 5.82 Å². The van der Waals surface area contributed by atoms with Gasteiger partial charge in [0, 0.05) is 24.2 Å². The van der Waals surface area contributed by atoms with E-state index >= 15 is 0 Å². The lowest BCUT2D eigenvalue weighted by Gasteiger charge is -2.25. The zero-order chi connectivity index (χ0) is 15.1. The van der Waals surface area contributed by atoms with Crippen molar-refractivity contribution in [3.8, 4) is 5.75 Å². The molecule has 0 saturated carbocycles. The van der Waals surface area contributed by atoms with E-state index in [0.717, 1.165) is 0 Å². The molecule has 20 heavy (non-hydrogen) atoms. The molecule has 112 valence electrons. The van der Waals surface area contributed by atoms with E-state index in [-0.39, 0.29) is 24.4 Å². The van der Waals surface area contributed by atoms with E-state index in [1.54, 1.807) is 19.1 Å². The number of halogens is 1. The van der Waals surface area contributed by atoms with Gasteiger partial charge in [-0.2, -0.15) is 0 Å². The van der Waals surface area contributed by atoms with Gasteiger partial charge in [0.25, 0.3) is 0 Å². The molecular formula is C15H22FNO3. The zero-order valence-corrected chi connectivity index (χ0v) is 12.5. The Morgan fingerprint density at radius 3 is 2.60 bits per heavy atom. The third kappa shape index (κ3) is 4.81. The van der Waals surface area contributed by atoms with Crippen LogP contribution in [-0.2, 0) is 16.1 Å². The number of ether oxygens (including phenoxy) is 2. The van der Waals surface area contributed by atoms with E-state index in [4.69, 9.17) is 9.47 Å². The molecule has 0 heterocycles. The number of esters is 1. The van der Waals surface area contributed by atoms with Crippen LogP contribution in [0.25, 0.3) is 0 Å². The molecule has 5 heteroatoms. The molecule has 1 rings (SSSR count). The van der Waals surface area contributed by atoms with Gasteiger partial charge in [-0.15, -0.1) is 0 Å². The zero-order valence-electron chi connectivity index (χ0n) is 12.5. The SMILES string of the molecule is CCOC(=O)CN(Cc1ccc(OC)cc1F)C(C)C. The Morgan fingerprint density at radius 1 is 1.40 bits per heavy atom. The largest absolute Gasteiger partial charge is 0.497 e. The Bertz CT molecular complexity index is 449. The van der Waals surface area contributed by atoms with E-state index in [1.165, 1.54) is 13.2 Å². The molecule has 0 bridgehead atoms. The van der Waals surface area contributed by atoms with Crippen LogP contribution in [-0.4, -0.2) is 37.2 Å². The summed E-state index contributed by atoms with van der Waals surface area (Å²) in [5.74, 6) is -0.151. The van der Waals surface area contributed by atoms with Gasteiger partial charge >= 0.3 is 5.97 Å². The third-order valence-electron chi connectivity index (χ3n) is 3.00. The fourth-order valence-electron chi connectivity index (χ4n) is 1.80. The van der Waals surface area contributed by atoms with Gasteiger partial charge in [-0.25, -0.2) is 4.39 Å². The molecule has 0 aliphatic carbocycles. The Balaban J connectivity index is 2.77. The highest BCUT2D eigenvalue weighted by Gasteiger charge is 2.17. The summed E-state index contributed by atoms with van der Waals surface area (Å²) < 4.78 is 23.8. The van der Waals surface area contributed by atoms with Crippen molar-refractivity contribution in [2.75, 3.05) is 20.3 Å². The van der Waals surface area contributed by atoms with Crippen LogP contribution in [0.3, 0.4) is 0 Å². The smallest absolute Gasteiger partial charge is 0.320 e. The van der Waals surface area contributed by atoms with Crippen LogP contribution in [0.15, 0.2) is 18.2 Å². The minimum Gasteiger partial charge on any atom is -0.497 e. The summed E-state index contributed by atoms with van der Waals surface area (Å²) >= 11 is 0. The van der Waals surface area contributed by atoms with Crippen molar-refractivity contribution >= 4 is 5.97 Å². The van der Waals surface area contributed by atoms with Crippen LogP contribution in [0.2, 0.25) is 0 Å². The molecule has 0 amide bonds. The molecule has 4 nitrogen and oxygen atoms in total. The number of hydrogen-bond acceptors (Lipinski definition) is 4. The second-order valence-electron chi connectivity index (χ2n) is 4.76. The normalized spacial score (nSPS) is 10.9. The van der Waals surface area contributed by atoms with Gasteiger partial charge < -0.3 is 9.47 Å². The molecule has 1 aromatic rings. The molecule has 0 N–H and O–H groups in total. The Morgan fingerprint density at radius 2 is 2.10 bits per heavy atom. The summed E-state index contributed by atoms with van der Waals surface area (Å²) in [5.41, 5.74) is 0.531. The van der Waals surface area contributed by atoms with Gasteiger partial charge in [-0.3, -0.25) is 9.69 Å². The second kappa shape index (κ2) is 7.85. The monoisotopic (exact) mass is 283 g/mol. The van der Waals surface area contributed by atoms with E-state index in [1.807, 2.05) is 18.7 Å². The first kappa shape index (κ1) is 16.4. The number of carbonyl (C=O) groups is 1. The van der Waals surface area contributed by atoms with E-state index < -0.39 is 0 Å². The van der Waals surface area contributed by atoms with Crippen molar-refractivity contribution in [1.82, 2.24) is 4.90 Å². The Hall–Kier alpha value is -1.62. The van der Waals surface area contributed by atoms with Crippen molar-refractivity contribution in [2.24, 2.45) is 0 Å². The molecule has 0 aliphatic heterocycles. The van der Waals surface area contributed by atoms with Crippen LogP contribution in [0.4, 0.5) is 4.39 Å². The minimum atomic E-state index is -0.334. The lowest BCUT2D eigenvalue weighted by Crippen LogP contribution is -2.36. The van der Waals surface area contributed by atoms with Crippen LogP contribution < -0.4 is 4.74 Å². The Kier molecular flexibility index (Phi) is 6.45. The van der Waals surface area contributed by atoms with Gasteiger partial charge in [-0.1, -0.05) is 6.07 Å². The molecule has 0 aromatic heterocycles. The average molecular weight is 283 g/mol. The molecule has 0 spiro atoms. The predicted molar refractivity (Wildman–Crippen MR) is 75.1 cm³/mol. The van der Waals surface area contributed by atoms with Gasteiger partial charge in [0.15, 0.2) is 0 Å². The number of rotatable bonds is 7. The van der Waals surface area contributed by atoms with Crippen LogP contribution >= 0.6 is 0 Å². The quantitative estimate of drug-likeness (QED) is 0.721. The summed E-state index contributed by atoms with van der Waals surface area (Å²) in [5, 5.41) is 0. The van der Waals surface area contributed by atoms with Crippen LogP contribution in [0.1, 0.15) is 26.3 Å². The van der Waals surface area contributed by atoms with E-state index in [2.05, 4.69) is 0 Å². The minimum absolute atomic E-state index is 0.112. The molecule has 0 atom stereocenters. The fraction of sp³-hybridized carbons (Fsp3) is 0.533. The van der Waals surface area contributed by atoms with Crippen molar-refractivity contribution in [2.45, 2.75) is 33.4 Å². The molecule has 0 fully saturated rings. The van der Waals surface area contributed by atoms with Crippen LogP contribution in [0.5, 0.6) is 5.75 Å². The van der Waals surface area contributed by atoms with Crippen molar-refractivity contribution in [1.29, 1.82) is 0 Å². The highest BCUT2D eigenvalue weighted by atomic mass is 19.1. The molecule has 0 saturated heterocycles. The van der Waals surface area contributed by atoms with Gasteiger partial charge in [-0.05, 0) is 26.8 Å². The lowest BCUT2D eigenvalue weighted by atomic mass is 10.1. The molecular weight excluding hydrogens is 261 g/mol. The van der Waals surface area contributed by atoms with E-state index in [0.29, 0.717) is 24.5 Å². The summed E-state index contributed by atoms with van der Waals surface area (Å²) in [6.07, 6.45) is 0. The highest BCUT2D eigenvalue weighted by molar-refractivity contribution is 5.71. The van der Waals surface area contributed by atoms with E-state index in [9.17, 15) is 9.18 Å². The number of nitrogens with zero attached hydrogens (tertiary/aromatic N) is 1. The summed E-state index contributed by atoms with van der Waals surface area (Å²) in [6, 6.07) is 4.84. The second-order valence-corrected chi connectivity index (χ2v) is 4.76. The number of methoxy groups -OCH3 is 1. The fourth-order valence-corrected chi connectivity index (χ4v) is 1.80. The highest BCUT2D eigenvalue weighted by Crippen LogP contribution is 2.18.